The molecular weight excluding hydrogens is 212 g/mol. The molecule has 0 aromatic carbocycles. The minimum Gasteiger partial charge on any atom is -0.380 e. The predicted molar refractivity (Wildman–Crippen MR) is 75.5 cm³/mol. The Morgan fingerprint density at radius 2 is 1.94 bits per heavy atom. The first-order valence-corrected chi connectivity index (χ1v) is 6.84. The molecule has 104 valence electrons. The monoisotopic (exact) mass is 244 g/mol. The largest absolute Gasteiger partial charge is 0.380 e. The van der Waals surface area contributed by atoms with Gasteiger partial charge in [-0.15, -0.1) is 0 Å². The van der Waals surface area contributed by atoms with E-state index >= 15 is 0 Å². The summed E-state index contributed by atoms with van der Waals surface area (Å²) in [4.78, 5) is 2.35. The molecule has 17 heavy (non-hydrogen) atoms. The van der Waals surface area contributed by atoms with Crippen molar-refractivity contribution in [1.82, 2.24) is 10.2 Å². The van der Waals surface area contributed by atoms with Crippen molar-refractivity contribution in [3.63, 3.8) is 0 Å². The van der Waals surface area contributed by atoms with Gasteiger partial charge in [-0.25, -0.2) is 0 Å². The summed E-state index contributed by atoms with van der Waals surface area (Å²) in [6.45, 7) is 17.1. The topological polar surface area (TPSA) is 24.5 Å². The van der Waals surface area contributed by atoms with E-state index < -0.39 is 0 Å². The van der Waals surface area contributed by atoms with Crippen LogP contribution in [0.4, 0.5) is 0 Å². The van der Waals surface area contributed by atoms with Gasteiger partial charge in [-0.05, 0) is 31.8 Å². The maximum atomic E-state index is 5.37. The molecule has 0 radical (unpaired) electrons. The lowest BCUT2D eigenvalue weighted by Crippen LogP contribution is -2.40. The number of nitrogens with one attached hydrogen (secondary N) is 1. The standard InChI is InChI=1S/C14H32N2O/c1-7-17-9-8-16(6)12-14(4,5)11-15-10-13(2)3/h13,15H,7-12H2,1-6H3. The quantitative estimate of drug-likeness (QED) is 0.596. The fourth-order valence-corrected chi connectivity index (χ4v) is 1.93. The molecule has 0 rings (SSSR count). The van der Waals surface area contributed by atoms with Gasteiger partial charge in [-0.2, -0.15) is 0 Å². The fourth-order valence-electron chi connectivity index (χ4n) is 1.93. The molecule has 0 aromatic heterocycles. The zero-order chi connectivity index (χ0) is 13.3. The maximum absolute atomic E-state index is 5.37. The van der Waals surface area contributed by atoms with Gasteiger partial charge in [0.25, 0.3) is 0 Å². The lowest BCUT2D eigenvalue weighted by Gasteiger charge is -2.31. The molecule has 1 N–H and O–H groups in total. The van der Waals surface area contributed by atoms with Gasteiger partial charge in [0.15, 0.2) is 0 Å². The Morgan fingerprint density at radius 1 is 1.29 bits per heavy atom. The highest BCUT2D eigenvalue weighted by atomic mass is 16.5. The summed E-state index contributed by atoms with van der Waals surface area (Å²) >= 11 is 0. The lowest BCUT2D eigenvalue weighted by atomic mass is 9.92. The molecule has 0 heterocycles. The van der Waals surface area contributed by atoms with Crippen molar-refractivity contribution >= 4 is 0 Å². The first kappa shape index (κ1) is 16.9. The summed E-state index contributed by atoms with van der Waals surface area (Å²) in [6.07, 6.45) is 0. The molecule has 3 heteroatoms. The Hall–Kier alpha value is -0.120. The second-order valence-electron chi connectivity index (χ2n) is 6.12. The van der Waals surface area contributed by atoms with Crippen molar-refractivity contribution in [3.05, 3.63) is 0 Å². The highest BCUT2D eigenvalue weighted by Crippen LogP contribution is 2.14. The summed E-state index contributed by atoms with van der Waals surface area (Å²) in [5.41, 5.74) is 0.315. The molecule has 0 amide bonds. The van der Waals surface area contributed by atoms with E-state index in [1.807, 2.05) is 6.92 Å². The summed E-state index contributed by atoms with van der Waals surface area (Å²) < 4.78 is 5.37. The van der Waals surface area contributed by atoms with Crippen LogP contribution in [0.15, 0.2) is 0 Å². The van der Waals surface area contributed by atoms with Gasteiger partial charge in [0.1, 0.15) is 0 Å². The van der Waals surface area contributed by atoms with Crippen LogP contribution >= 0.6 is 0 Å². The molecule has 0 spiro atoms. The van der Waals surface area contributed by atoms with Crippen molar-refractivity contribution in [1.29, 1.82) is 0 Å². The van der Waals surface area contributed by atoms with Gasteiger partial charge in [-0.3, -0.25) is 0 Å². The molecule has 0 aliphatic carbocycles. The van der Waals surface area contributed by atoms with Crippen molar-refractivity contribution < 1.29 is 4.74 Å². The van der Waals surface area contributed by atoms with Crippen LogP contribution in [0.1, 0.15) is 34.6 Å². The Balaban J connectivity index is 3.73. The van der Waals surface area contributed by atoms with Gasteiger partial charge in [0.05, 0.1) is 6.61 Å². The number of ether oxygens (including phenoxy) is 1. The van der Waals surface area contributed by atoms with Crippen molar-refractivity contribution in [2.75, 3.05) is 46.4 Å². The van der Waals surface area contributed by atoms with Crippen molar-refractivity contribution in [2.24, 2.45) is 11.3 Å². The Morgan fingerprint density at radius 3 is 2.47 bits per heavy atom. The van der Waals surface area contributed by atoms with Crippen LogP contribution in [0.5, 0.6) is 0 Å². The van der Waals surface area contributed by atoms with Gasteiger partial charge in [0.2, 0.25) is 0 Å². The number of likely N-dealkylation sites (N-methyl/N-ethyl adjacent to an activating group) is 1. The van der Waals surface area contributed by atoms with Crippen LogP contribution in [-0.2, 0) is 4.74 Å². The van der Waals surface area contributed by atoms with Gasteiger partial charge < -0.3 is 15.0 Å². The Kier molecular flexibility index (Phi) is 8.83. The van der Waals surface area contributed by atoms with E-state index in [0.29, 0.717) is 5.41 Å². The average Bonchev–Trinajstić information content (AvgIpc) is 2.16. The predicted octanol–water partition coefficient (Wildman–Crippen LogP) is 2.23. The molecule has 0 fully saturated rings. The van der Waals surface area contributed by atoms with Gasteiger partial charge >= 0.3 is 0 Å². The Bertz CT molecular complexity index is 181. The normalized spacial score (nSPS) is 12.7. The van der Waals surface area contributed by atoms with E-state index in [1.54, 1.807) is 0 Å². The first-order chi connectivity index (χ1) is 7.87. The summed E-state index contributed by atoms with van der Waals surface area (Å²) in [5, 5.41) is 3.54. The minimum atomic E-state index is 0.315. The van der Waals surface area contributed by atoms with E-state index in [4.69, 9.17) is 4.74 Å². The molecule has 0 unspecified atom stereocenters. The number of nitrogens with zero attached hydrogens (tertiary/aromatic N) is 1. The summed E-state index contributed by atoms with van der Waals surface area (Å²) in [7, 11) is 2.17. The molecule has 0 atom stereocenters. The zero-order valence-corrected chi connectivity index (χ0v) is 12.7. The Labute approximate surface area is 108 Å². The molecule has 3 nitrogen and oxygen atoms in total. The fraction of sp³-hybridized carbons (Fsp3) is 1.00. The minimum absolute atomic E-state index is 0.315. The maximum Gasteiger partial charge on any atom is 0.0593 e. The van der Waals surface area contributed by atoms with Gasteiger partial charge in [0, 0.05) is 26.2 Å². The molecule has 0 bridgehead atoms. The molecule has 0 saturated heterocycles. The smallest absolute Gasteiger partial charge is 0.0593 e. The van der Waals surface area contributed by atoms with Crippen LogP contribution in [0.3, 0.4) is 0 Å². The molecule has 0 saturated carbocycles. The summed E-state index contributed by atoms with van der Waals surface area (Å²) in [5.74, 6) is 0.724. The highest BCUT2D eigenvalue weighted by molar-refractivity contribution is 4.75. The first-order valence-electron chi connectivity index (χ1n) is 6.84. The van der Waals surface area contributed by atoms with E-state index in [1.165, 1.54) is 0 Å². The average molecular weight is 244 g/mol. The van der Waals surface area contributed by atoms with Crippen molar-refractivity contribution in [2.45, 2.75) is 34.6 Å². The lowest BCUT2D eigenvalue weighted by molar-refractivity contribution is 0.107. The molecular formula is C14H32N2O. The van der Waals surface area contributed by atoms with Crippen LogP contribution in [0.2, 0.25) is 0 Å². The third-order valence-electron chi connectivity index (χ3n) is 2.68. The van der Waals surface area contributed by atoms with Crippen LogP contribution < -0.4 is 5.32 Å². The SMILES string of the molecule is CCOCCN(C)CC(C)(C)CNCC(C)C. The molecule has 0 aliphatic heterocycles. The third-order valence-corrected chi connectivity index (χ3v) is 2.68. The van der Waals surface area contributed by atoms with Crippen LogP contribution in [0, 0.1) is 11.3 Å². The molecule has 0 aromatic rings. The highest BCUT2D eigenvalue weighted by Gasteiger charge is 2.19. The number of hydrogen-bond donors (Lipinski definition) is 1. The van der Waals surface area contributed by atoms with Gasteiger partial charge in [-0.1, -0.05) is 27.7 Å². The number of rotatable bonds is 10. The van der Waals surface area contributed by atoms with Crippen LogP contribution in [-0.4, -0.2) is 51.3 Å². The van der Waals surface area contributed by atoms with Crippen molar-refractivity contribution in [3.8, 4) is 0 Å². The second-order valence-corrected chi connectivity index (χ2v) is 6.12. The summed E-state index contributed by atoms with van der Waals surface area (Å²) in [6, 6.07) is 0. The second kappa shape index (κ2) is 8.90. The molecule has 0 aliphatic rings. The van der Waals surface area contributed by atoms with E-state index in [-0.39, 0.29) is 0 Å². The van der Waals surface area contributed by atoms with E-state index in [2.05, 4.69) is 45.0 Å². The van der Waals surface area contributed by atoms with E-state index in [9.17, 15) is 0 Å². The zero-order valence-electron chi connectivity index (χ0n) is 12.7. The number of hydrogen-bond acceptors (Lipinski definition) is 3. The van der Waals surface area contributed by atoms with Crippen LogP contribution in [0.25, 0.3) is 0 Å². The van der Waals surface area contributed by atoms with E-state index in [0.717, 1.165) is 45.3 Å². The third kappa shape index (κ3) is 10.7.